The molecule has 0 aromatic heterocycles. The van der Waals surface area contributed by atoms with Crippen molar-refractivity contribution in [1.29, 1.82) is 0 Å². The van der Waals surface area contributed by atoms with Crippen molar-refractivity contribution in [3.63, 3.8) is 0 Å². The first kappa shape index (κ1) is 13.9. The molecule has 1 unspecified atom stereocenters. The van der Waals surface area contributed by atoms with E-state index in [0.717, 1.165) is 0 Å². The minimum Gasteiger partial charge on any atom is -0.480 e. The highest BCUT2D eigenvalue weighted by molar-refractivity contribution is 5.81. The van der Waals surface area contributed by atoms with Crippen molar-refractivity contribution in [3.8, 4) is 0 Å². The highest BCUT2D eigenvalue weighted by Gasteiger charge is 2.20. The molecule has 0 aliphatic rings. The quantitative estimate of drug-likeness (QED) is 0.515. The summed E-state index contributed by atoms with van der Waals surface area (Å²) in [5.41, 5.74) is 4.86. The summed E-state index contributed by atoms with van der Waals surface area (Å²) in [5, 5.41) is 10.8. The van der Waals surface area contributed by atoms with E-state index < -0.39 is 24.0 Å². The predicted molar refractivity (Wildman–Crippen MR) is 54.5 cm³/mol. The van der Waals surface area contributed by atoms with E-state index in [1.54, 1.807) is 0 Å². The third kappa shape index (κ3) is 6.41. The molecule has 0 heterocycles. The summed E-state index contributed by atoms with van der Waals surface area (Å²) in [6, 6.07) is -1.19. The second-order valence-corrected chi connectivity index (χ2v) is 2.93. The lowest BCUT2D eigenvalue weighted by Gasteiger charge is -2.12. The third-order valence-electron chi connectivity index (χ3n) is 1.60. The largest absolute Gasteiger partial charge is 0.480 e. The number of hydrogen-bond donors (Lipinski definition) is 3. The highest BCUT2D eigenvalue weighted by atomic mass is 16.5. The number of alkyl carbamates (subject to hydrolysis) is 1. The van der Waals surface area contributed by atoms with Gasteiger partial charge in [0.25, 0.3) is 0 Å². The van der Waals surface area contributed by atoms with Crippen LogP contribution in [0.4, 0.5) is 4.79 Å². The number of amides is 2. The Hall–Kier alpha value is -2.05. The van der Waals surface area contributed by atoms with Gasteiger partial charge in [-0.15, -0.1) is 0 Å². The zero-order valence-corrected chi connectivity index (χ0v) is 8.64. The summed E-state index contributed by atoms with van der Waals surface area (Å²) < 4.78 is 4.53. The lowest BCUT2D eigenvalue weighted by atomic mass is 10.1. The van der Waals surface area contributed by atoms with Crippen LogP contribution in [0.5, 0.6) is 0 Å². The summed E-state index contributed by atoms with van der Waals surface area (Å²) in [6.07, 6.45) is 0.266. The highest BCUT2D eigenvalue weighted by Crippen LogP contribution is 1.98. The fourth-order valence-corrected chi connectivity index (χ4v) is 0.863. The molecule has 4 N–H and O–H groups in total. The van der Waals surface area contributed by atoms with Gasteiger partial charge in [0.1, 0.15) is 12.6 Å². The van der Waals surface area contributed by atoms with Crippen LogP contribution in [-0.4, -0.2) is 35.7 Å². The van der Waals surface area contributed by atoms with Gasteiger partial charge in [0.05, 0.1) is 0 Å². The Bertz CT molecular complexity index is 290. The van der Waals surface area contributed by atoms with Gasteiger partial charge in [0, 0.05) is 6.42 Å². The van der Waals surface area contributed by atoms with Gasteiger partial charge in [-0.25, -0.2) is 9.59 Å². The minimum atomic E-state index is -1.25. The summed E-state index contributed by atoms with van der Waals surface area (Å²) in [6.45, 7) is 3.30. The first-order valence-electron chi connectivity index (χ1n) is 4.52. The summed E-state index contributed by atoms with van der Waals surface area (Å²) in [4.78, 5) is 32.1. The van der Waals surface area contributed by atoms with Crippen LogP contribution in [0, 0.1) is 0 Å². The maximum absolute atomic E-state index is 11.0. The number of carboxylic acid groups (broad SMARTS) is 1. The molecule has 0 aliphatic heterocycles. The number of nitrogens with two attached hydrogens (primary N) is 1. The molecule has 1 atom stereocenters. The van der Waals surface area contributed by atoms with Crippen LogP contribution in [0.25, 0.3) is 0 Å². The van der Waals surface area contributed by atoms with Gasteiger partial charge in [0.2, 0.25) is 5.91 Å². The minimum absolute atomic E-state index is 0.0198. The molecule has 7 nitrogen and oxygen atoms in total. The fraction of sp³-hybridized carbons (Fsp3) is 0.444. The summed E-state index contributed by atoms with van der Waals surface area (Å²) in [5.74, 6) is -1.88. The average molecular weight is 230 g/mol. The SMILES string of the molecule is C=CCOC(=O)NC(CCC(N)=O)C(=O)O. The Balaban J connectivity index is 4.11. The molecule has 0 aliphatic carbocycles. The summed E-state index contributed by atoms with van der Waals surface area (Å²) in [7, 11) is 0. The van der Waals surface area contributed by atoms with E-state index in [0.29, 0.717) is 0 Å². The lowest BCUT2D eigenvalue weighted by molar-refractivity contribution is -0.139. The number of carboxylic acids is 1. The molecule has 0 bridgehead atoms. The molecular weight excluding hydrogens is 216 g/mol. The van der Waals surface area contributed by atoms with Gasteiger partial charge in [0.15, 0.2) is 0 Å². The van der Waals surface area contributed by atoms with Crippen LogP contribution in [-0.2, 0) is 14.3 Å². The van der Waals surface area contributed by atoms with Gasteiger partial charge >= 0.3 is 12.1 Å². The number of rotatable bonds is 7. The second kappa shape index (κ2) is 7.27. The van der Waals surface area contributed by atoms with Crippen LogP contribution >= 0.6 is 0 Å². The van der Waals surface area contributed by atoms with Gasteiger partial charge in [-0.1, -0.05) is 12.7 Å². The molecule has 0 spiro atoms. The number of aliphatic carboxylic acids is 1. The maximum Gasteiger partial charge on any atom is 0.408 e. The molecule has 7 heteroatoms. The zero-order valence-electron chi connectivity index (χ0n) is 8.64. The Morgan fingerprint density at radius 1 is 1.50 bits per heavy atom. The Morgan fingerprint density at radius 2 is 2.12 bits per heavy atom. The third-order valence-corrected chi connectivity index (χ3v) is 1.60. The van der Waals surface area contributed by atoms with Crippen LogP contribution in [0.2, 0.25) is 0 Å². The molecule has 0 rings (SSSR count). The van der Waals surface area contributed by atoms with E-state index in [2.05, 4.69) is 16.6 Å². The van der Waals surface area contributed by atoms with Gasteiger partial charge in [-0.3, -0.25) is 4.79 Å². The first-order valence-corrected chi connectivity index (χ1v) is 4.52. The van der Waals surface area contributed by atoms with Crippen molar-refractivity contribution < 1.29 is 24.2 Å². The van der Waals surface area contributed by atoms with Gasteiger partial charge < -0.3 is 20.9 Å². The maximum atomic E-state index is 11.0. The normalized spacial score (nSPS) is 11.2. The van der Waals surface area contributed by atoms with Crippen LogP contribution < -0.4 is 11.1 Å². The van der Waals surface area contributed by atoms with E-state index in [9.17, 15) is 14.4 Å². The van der Waals surface area contributed by atoms with Crippen molar-refractivity contribution in [2.45, 2.75) is 18.9 Å². The topological polar surface area (TPSA) is 119 Å². The molecule has 2 amide bonds. The smallest absolute Gasteiger partial charge is 0.408 e. The number of ether oxygens (including phenoxy) is 1. The lowest BCUT2D eigenvalue weighted by Crippen LogP contribution is -2.41. The van der Waals surface area contributed by atoms with E-state index >= 15 is 0 Å². The van der Waals surface area contributed by atoms with Gasteiger partial charge in [-0.05, 0) is 6.42 Å². The molecule has 0 aromatic carbocycles. The monoisotopic (exact) mass is 230 g/mol. The van der Waals surface area contributed by atoms with Crippen molar-refractivity contribution >= 4 is 18.0 Å². The Kier molecular flexibility index (Phi) is 6.34. The molecule has 90 valence electrons. The van der Waals surface area contributed by atoms with Crippen molar-refractivity contribution in [2.24, 2.45) is 5.73 Å². The van der Waals surface area contributed by atoms with Crippen LogP contribution in [0.3, 0.4) is 0 Å². The van der Waals surface area contributed by atoms with E-state index in [1.807, 2.05) is 0 Å². The number of carbonyl (C=O) groups is 3. The molecular formula is C9H14N2O5. The Morgan fingerprint density at radius 3 is 2.56 bits per heavy atom. The molecule has 0 aromatic rings. The number of carbonyl (C=O) groups excluding carboxylic acids is 2. The fourth-order valence-electron chi connectivity index (χ4n) is 0.863. The predicted octanol–water partition coefficient (Wildman–Crippen LogP) is -0.383. The number of nitrogens with one attached hydrogen (secondary N) is 1. The van der Waals surface area contributed by atoms with E-state index in [-0.39, 0.29) is 19.4 Å². The first-order chi connectivity index (χ1) is 7.47. The number of hydrogen-bond acceptors (Lipinski definition) is 4. The van der Waals surface area contributed by atoms with Gasteiger partial charge in [-0.2, -0.15) is 0 Å². The standard InChI is InChI=1S/C9H14N2O5/c1-2-5-16-9(15)11-6(8(13)14)3-4-7(10)12/h2,6H,1,3-5H2,(H2,10,12)(H,11,15)(H,13,14). The van der Waals surface area contributed by atoms with E-state index in [1.165, 1.54) is 6.08 Å². The Labute approximate surface area is 92.3 Å². The summed E-state index contributed by atoms with van der Waals surface area (Å²) >= 11 is 0. The van der Waals surface area contributed by atoms with Crippen molar-refractivity contribution in [1.82, 2.24) is 5.32 Å². The molecule has 0 saturated carbocycles. The molecule has 0 fully saturated rings. The molecule has 16 heavy (non-hydrogen) atoms. The average Bonchev–Trinajstić information content (AvgIpc) is 2.20. The zero-order chi connectivity index (χ0) is 12.6. The molecule has 0 radical (unpaired) electrons. The second-order valence-electron chi connectivity index (χ2n) is 2.93. The van der Waals surface area contributed by atoms with Crippen molar-refractivity contribution in [2.75, 3.05) is 6.61 Å². The number of primary amides is 1. The van der Waals surface area contributed by atoms with Crippen LogP contribution in [0.15, 0.2) is 12.7 Å². The van der Waals surface area contributed by atoms with Crippen LogP contribution in [0.1, 0.15) is 12.8 Å². The van der Waals surface area contributed by atoms with Crippen molar-refractivity contribution in [3.05, 3.63) is 12.7 Å². The molecule has 0 saturated heterocycles. The van der Waals surface area contributed by atoms with E-state index in [4.69, 9.17) is 10.8 Å².